The third kappa shape index (κ3) is 2.30. The lowest BCUT2D eigenvalue weighted by atomic mass is 10.3. The van der Waals surface area contributed by atoms with Gasteiger partial charge in [0.05, 0.1) is 11.9 Å². The lowest BCUT2D eigenvalue weighted by molar-refractivity contribution is 0.288. The van der Waals surface area contributed by atoms with Crippen LogP contribution in [-0.2, 0) is 6.61 Å². The molecule has 0 aliphatic carbocycles. The van der Waals surface area contributed by atoms with E-state index < -0.39 is 0 Å². The van der Waals surface area contributed by atoms with Crippen molar-refractivity contribution in [1.82, 2.24) is 15.0 Å². The Bertz CT molecular complexity index is 507. The molecule has 0 bridgehead atoms. The Labute approximate surface area is 92.4 Å². The molecule has 0 spiro atoms. The van der Waals surface area contributed by atoms with E-state index in [2.05, 4.69) is 15.0 Å². The van der Waals surface area contributed by atoms with Gasteiger partial charge in [-0.25, -0.2) is 4.98 Å². The first-order chi connectivity index (χ1) is 7.90. The van der Waals surface area contributed by atoms with Gasteiger partial charge >= 0.3 is 0 Å². The average molecular weight is 212 g/mol. The number of ether oxygens (including phenoxy) is 1. The first-order valence-corrected chi connectivity index (χ1v) is 4.63. The molecule has 0 aliphatic rings. The molecule has 78 valence electrons. The van der Waals surface area contributed by atoms with Gasteiger partial charge in [0.15, 0.2) is 0 Å². The van der Waals surface area contributed by atoms with Crippen molar-refractivity contribution in [2.45, 2.75) is 6.61 Å². The standard InChI is InChI=1S/C11H8N4O/c12-6-9-2-1-3-15-11(9)16-8-10-7-13-4-5-14-10/h1-5,7H,8H2. The predicted octanol–water partition coefficient (Wildman–Crippen LogP) is 1.32. The molecule has 16 heavy (non-hydrogen) atoms. The predicted molar refractivity (Wildman–Crippen MR) is 55.3 cm³/mol. The van der Waals surface area contributed by atoms with Crippen molar-refractivity contribution in [3.05, 3.63) is 48.2 Å². The highest BCUT2D eigenvalue weighted by atomic mass is 16.5. The lowest BCUT2D eigenvalue weighted by Crippen LogP contribution is -2.01. The Morgan fingerprint density at radius 1 is 1.25 bits per heavy atom. The van der Waals surface area contributed by atoms with Crippen LogP contribution in [0.5, 0.6) is 5.88 Å². The fraction of sp³-hybridized carbons (Fsp3) is 0.0909. The zero-order valence-electron chi connectivity index (χ0n) is 8.37. The van der Waals surface area contributed by atoms with Gasteiger partial charge in [-0.3, -0.25) is 9.97 Å². The molecule has 2 heterocycles. The van der Waals surface area contributed by atoms with Crippen molar-refractivity contribution in [2.75, 3.05) is 0 Å². The Morgan fingerprint density at radius 3 is 2.94 bits per heavy atom. The van der Waals surface area contributed by atoms with Gasteiger partial charge in [0.1, 0.15) is 18.2 Å². The Morgan fingerprint density at radius 2 is 2.19 bits per heavy atom. The van der Waals surface area contributed by atoms with Crippen LogP contribution in [0.3, 0.4) is 0 Å². The molecule has 0 N–H and O–H groups in total. The summed E-state index contributed by atoms with van der Waals surface area (Å²) in [5, 5.41) is 8.82. The molecule has 0 fully saturated rings. The molecule has 0 atom stereocenters. The van der Waals surface area contributed by atoms with Gasteiger partial charge in [-0.2, -0.15) is 5.26 Å². The van der Waals surface area contributed by atoms with E-state index in [1.54, 1.807) is 36.9 Å². The number of hydrogen-bond acceptors (Lipinski definition) is 5. The molecular weight excluding hydrogens is 204 g/mol. The first-order valence-electron chi connectivity index (χ1n) is 4.63. The quantitative estimate of drug-likeness (QED) is 0.767. The summed E-state index contributed by atoms with van der Waals surface area (Å²) >= 11 is 0. The molecule has 0 saturated heterocycles. The second kappa shape index (κ2) is 4.84. The minimum Gasteiger partial charge on any atom is -0.470 e. The number of rotatable bonds is 3. The molecule has 0 unspecified atom stereocenters. The number of hydrogen-bond donors (Lipinski definition) is 0. The molecule has 2 aromatic rings. The van der Waals surface area contributed by atoms with Gasteiger partial charge in [0.2, 0.25) is 5.88 Å². The van der Waals surface area contributed by atoms with Crippen LogP contribution in [0.15, 0.2) is 36.9 Å². The number of aromatic nitrogens is 3. The third-order valence-corrected chi connectivity index (χ3v) is 1.87. The second-order valence-corrected chi connectivity index (χ2v) is 2.95. The maximum absolute atomic E-state index is 8.82. The second-order valence-electron chi connectivity index (χ2n) is 2.95. The van der Waals surface area contributed by atoms with Gasteiger partial charge in [0, 0.05) is 18.6 Å². The molecule has 0 aliphatic heterocycles. The van der Waals surface area contributed by atoms with Gasteiger partial charge in [-0.1, -0.05) is 0 Å². The van der Waals surface area contributed by atoms with E-state index >= 15 is 0 Å². The highest BCUT2D eigenvalue weighted by molar-refractivity contribution is 5.36. The molecule has 0 saturated carbocycles. The molecule has 0 amide bonds. The zero-order chi connectivity index (χ0) is 11.2. The summed E-state index contributed by atoms with van der Waals surface area (Å²) in [6.45, 7) is 0.250. The SMILES string of the molecule is N#Cc1cccnc1OCc1cnccn1. The van der Waals surface area contributed by atoms with Crippen molar-refractivity contribution in [3.8, 4) is 11.9 Å². The van der Waals surface area contributed by atoms with Gasteiger partial charge in [-0.15, -0.1) is 0 Å². The normalized spacial score (nSPS) is 9.44. The van der Waals surface area contributed by atoms with Crippen LogP contribution in [0.25, 0.3) is 0 Å². The molecule has 2 aromatic heterocycles. The number of nitrogens with zero attached hydrogens (tertiary/aromatic N) is 4. The maximum Gasteiger partial charge on any atom is 0.232 e. The lowest BCUT2D eigenvalue weighted by Gasteiger charge is -2.04. The molecular formula is C11H8N4O. The van der Waals surface area contributed by atoms with Crippen LogP contribution in [0.1, 0.15) is 11.3 Å². The summed E-state index contributed by atoms with van der Waals surface area (Å²) in [4.78, 5) is 11.9. The van der Waals surface area contributed by atoms with Crippen molar-refractivity contribution >= 4 is 0 Å². The van der Waals surface area contributed by atoms with Crippen LogP contribution in [-0.4, -0.2) is 15.0 Å². The van der Waals surface area contributed by atoms with E-state index in [1.165, 1.54) is 0 Å². The average Bonchev–Trinajstić information content (AvgIpc) is 2.38. The summed E-state index contributed by atoms with van der Waals surface area (Å²) in [5.41, 5.74) is 1.10. The number of nitriles is 1. The summed E-state index contributed by atoms with van der Waals surface area (Å²) < 4.78 is 5.38. The van der Waals surface area contributed by atoms with Crippen LogP contribution >= 0.6 is 0 Å². The van der Waals surface area contributed by atoms with E-state index in [0.29, 0.717) is 17.1 Å². The Hall–Kier alpha value is -2.48. The minimum atomic E-state index is 0.250. The van der Waals surface area contributed by atoms with Crippen molar-refractivity contribution in [1.29, 1.82) is 5.26 Å². The first kappa shape index (κ1) is 10.1. The highest BCUT2D eigenvalue weighted by Gasteiger charge is 2.03. The molecule has 0 radical (unpaired) electrons. The van der Waals surface area contributed by atoms with E-state index in [9.17, 15) is 0 Å². The monoisotopic (exact) mass is 212 g/mol. The summed E-state index contributed by atoms with van der Waals surface area (Å²) in [7, 11) is 0. The molecule has 0 aromatic carbocycles. The van der Waals surface area contributed by atoms with Crippen LogP contribution in [0, 0.1) is 11.3 Å². The van der Waals surface area contributed by atoms with Gasteiger partial charge in [-0.05, 0) is 12.1 Å². The summed E-state index contributed by atoms with van der Waals surface area (Å²) in [6, 6.07) is 5.35. The van der Waals surface area contributed by atoms with E-state index in [0.717, 1.165) is 0 Å². The highest BCUT2D eigenvalue weighted by Crippen LogP contribution is 2.13. The van der Waals surface area contributed by atoms with Crippen molar-refractivity contribution < 1.29 is 4.74 Å². The van der Waals surface area contributed by atoms with Crippen LogP contribution in [0.2, 0.25) is 0 Å². The van der Waals surface area contributed by atoms with Gasteiger partial charge in [0.25, 0.3) is 0 Å². The van der Waals surface area contributed by atoms with Crippen LogP contribution in [0.4, 0.5) is 0 Å². The largest absolute Gasteiger partial charge is 0.470 e. The molecule has 5 heteroatoms. The summed E-state index contributed by atoms with van der Waals surface area (Å²) in [5.74, 6) is 0.315. The third-order valence-electron chi connectivity index (χ3n) is 1.87. The van der Waals surface area contributed by atoms with Crippen LogP contribution < -0.4 is 4.74 Å². The molecule has 5 nitrogen and oxygen atoms in total. The zero-order valence-corrected chi connectivity index (χ0v) is 8.37. The van der Waals surface area contributed by atoms with Crippen molar-refractivity contribution in [2.24, 2.45) is 0 Å². The Balaban J connectivity index is 2.09. The maximum atomic E-state index is 8.82. The fourth-order valence-corrected chi connectivity index (χ4v) is 1.14. The number of pyridine rings is 1. The Kier molecular flexibility index (Phi) is 3.04. The van der Waals surface area contributed by atoms with Gasteiger partial charge < -0.3 is 4.74 Å². The molecule has 2 rings (SSSR count). The van der Waals surface area contributed by atoms with E-state index in [-0.39, 0.29) is 6.61 Å². The van der Waals surface area contributed by atoms with Crippen molar-refractivity contribution in [3.63, 3.8) is 0 Å². The van der Waals surface area contributed by atoms with E-state index in [4.69, 9.17) is 10.00 Å². The smallest absolute Gasteiger partial charge is 0.232 e. The van der Waals surface area contributed by atoms with E-state index in [1.807, 2.05) is 6.07 Å². The topological polar surface area (TPSA) is 71.7 Å². The minimum absolute atomic E-state index is 0.250. The summed E-state index contributed by atoms with van der Waals surface area (Å²) in [6.07, 6.45) is 6.36. The fourth-order valence-electron chi connectivity index (χ4n) is 1.14.